The summed E-state index contributed by atoms with van der Waals surface area (Å²) in [4.78, 5) is 25.1. The first-order valence-electron chi connectivity index (χ1n) is 6.83. The second-order valence-corrected chi connectivity index (χ2v) is 6.12. The Morgan fingerprint density at radius 3 is 2.75 bits per heavy atom. The number of rotatable bonds is 3. The molecule has 0 spiro atoms. The molecule has 0 N–H and O–H groups in total. The molecule has 3 aromatic rings. The third-order valence-corrected chi connectivity index (χ3v) is 4.37. The molecule has 2 aromatic heterocycles. The number of nitrogens with zero attached hydrogens (tertiary/aromatic N) is 3. The van der Waals surface area contributed by atoms with E-state index in [0.29, 0.717) is 22.1 Å². The predicted octanol–water partition coefficient (Wildman–Crippen LogP) is 4.15. The second kappa shape index (κ2) is 6.62. The van der Waals surface area contributed by atoms with Crippen LogP contribution in [-0.2, 0) is 4.74 Å². The summed E-state index contributed by atoms with van der Waals surface area (Å²) in [5, 5.41) is 2.39. The number of hydrogen-bond donors (Lipinski definition) is 0. The maximum atomic E-state index is 13.9. The molecule has 0 atom stereocenters. The minimum atomic E-state index is -0.600. The highest BCUT2D eigenvalue weighted by Crippen LogP contribution is 2.30. The minimum absolute atomic E-state index is 0.00991. The Morgan fingerprint density at radius 2 is 2.12 bits per heavy atom. The molecule has 0 radical (unpaired) electrons. The van der Waals surface area contributed by atoms with E-state index in [4.69, 9.17) is 16.3 Å². The van der Waals surface area contributed by atoms with Crippen molar-refractivity contribution in [3.63, 3.8) is 0 Å². The van der Waals surface area contributed by atoms with Gasteiger partial charge in [-0.15, -0.1) is 11.3 Å². The van der Waals surface area contributed by atoms with Gasteiger partial charge in [-0.1, -0.05) is 17.7 Å². The van der Waals surface area contributed by atoms with Crippen molar-refractivity contribution in [1.29, 1.82) is 0 Å². The zero-order valence-corrected chi connectivity index (χ0v) is 14.3. The molecule has 5 nitrogen and oxygen atoms in total. The van der Waals surface area contributed by atoms with Crippen molar-refractivity contribution in [3.05, 3.63) is 51.9 Å². The Bertz CT molecular complexity index is 916. The summed E-state index contributed by atoms with van der Waals surface area (Å²) in [6.45, 7) is 1.67. The van der Waals surface area contributed by atoms with E-state index in [1.54, 1.807) is 24.6 Å². The summed E-state index contributed by atoms with van der Waals surface area (Å²) in [6.07, 6.45) is 1.63. The molecule has 0 saturated carbocycles. The summed E-state index contributed by atoms with van der Waals surface area (Å²) >= 11 is 7.10. The molecule has 24 heavy (non-hydrogen) atoms. The van der Waals surface area contributed by atoms with Crippen LogP contribution >= 0.6 is 22.9 Å². The van der Waals surface area contributed by atoms with Crippen LogP contribution in [0, 0.1) is 12.7 Å². The van der Waals surface area contributed by atoms with Gasteiger partial charge in [0.05, 0.1) is 23.5 Å². The first-order chi connectivity index (χ1) is 11.5. The van der Waals surface area contributed by atoms with Crippen molar-refractivity contribution in [1.82, 2.24) is 15.0 Å². The zero-order valence-electron chi connectivity index (χ0n) is 12.7. The SMILES string of the molecule is COC(=O)c1c(C)nc(-c2nccs2)nc1-c1ccc(Cl)c(F)c1. The Hall–Kier alpha value is -2.38. The van der Waals surface area contributed by atoms with Crippen molar-refractivity contribution in [2.75, 3.05) is 7.11 Å². The van der Waals surface area contributed by atoms with E-state index in [1.165, 1.54) is 30.6 Å². The van der Waals surface area contributed by atoms with Gasteiger partial charge in [0.15, 0.2) is 10.8 Å². The highest BCUT2D eigenvalue weighted by Gasteiger charge is 2.22. The Morgan fingerprint density at radius 1 is 1.33 bits per heavy atom. The molecule has 0 aliphatic rings. The Balaban J connectivity index is 2.27. The highest BCUT2D eigenvalue weighted by molar-refractivity contribution is 7.13. The molecule has 0 amide bonds. The van der Waals surface area contributed by atoms with Crippen molar-refractivity contribution >= 4 is 28.9 Å². The molecular formula is C16H11ClFN3O2S. The van der Waals surface area contributed by atoms with Gasteiger partial charge in [-0.05, 0) is 19.1 Å². The molecule has 0 aliphatic carbocycles. The largest absolute Gasteiger partial charge is 0.465 e. The van der Waals surface area contributed by atoms with E-state index < -0.39 is 11.8 Å². The summed E-state index contributed by atoms with van der Waals surface area (Å²) < 4.78 is 18.7. The van der Waals surface area contributed by atoms with E-state index >= 15 is 0 Å². The highest BCUT2D eigenvalue weighted by atomic mass is 35.5. The molecule has 3 rings (SSSR count). The molecule has 2 heterocycles. The number of esters is 1. The fourth-order valence-corrected chi connectivity index (χ4v) is 2.89. The molecule has 0 unspecified atom stereocenters. The molecule has 0 fully saturated rings. The van der Waals surface area contributed by atoms with E-state index in [1.807, 2.05) is 0 Å². The lowest BCUT2D eigenvalue weighted by Gasteiger charge is -2.11. The normalized spacial score (nSPS) is 10.7. The average molecular weight is 364 g/mol. The van der Waals surface area contributed by atoms with Gasteiger partial charge >= 0.3 is 5.97 Å². The predicted molar refractivity (Wildman–Crippen MR) is 89.6 cm³/mol. The van der Waals surface area contributed by atoms with Crippen LogP contribution in [0.1, 0.15) is 16.1 Å². The quantitative estimate of drug-likeness (QED) is 0.654. The third kappa shape index (κ3) is 3.00. The fraction of sp³-hybridized carbons (Fsp3) is 0.125. The van der Waals surface area contributed by atoms with Crippen molar-refractivity contribution in [3.8, 4) is 22.1 Å². The van der Waals surface area contributed by atoms with Crippen LogP contribution in [0.2, 0.25) is 5.02 Å². The van der Waals surface area contributed by atoms with E-state index in [-0.39, 0.29) is 16.3 Å². The number of benzene rings is 1. The summed E-state index contributed by atoms with van der Waals surface area (Å²) in [6, 6.07) is 4.22. The van der Waals surface area contributed by atoms with Crippen molar-refractivity contribution in [2.45, 2.75) is 6.92 Å². The van der Waals surface area contributed by atoms with Crippen LogP contribution in [0.4, 0.5) is 4.39 Å². The number of ether oxygens (including phenoxy) is 1. The summed E-state index contributed by atoms with van der Waals surface area (Å²) in [5.41, 5.74) is 1.28. The second-order valence-electron chi connectivity index (χ2n) is 4.81. The number of hydrogen-bond acceptors (Lipinski definition) is 6. The van der Waals surface area contributed by atoms with Gasteiger partial charge in [0, 0.05) is 17.1 Å². The van der Waals surface area contributed by atoms with Gasteiger partial charge < -0.3 is 4.74 Å². The Labute approximate surface area is 146 Å². The Kier molecular flexibility index (Phi) is 4.55. The molecular weight excluding hydrogens is 353 g/mol. The lowest BCUT2D eigenvalue weighted by Crippen LogP contribution is -2.11. The number of carbonyl (C=O) groups is 1. The van der Waals surface area contributed by atoms with Crippen LogP contribution in [0.15, 0.2) is 29.8 Å². The summed E-state index contributed by atoms with van der Waals surface area (Å²) in [5.74, 6) is -0.832. The van der Waals surface area contributed by atoms with E-state index in [0.717, 1.165) is 0 Å². The van der Waals surface area contributed by atoms with Gasteiger partial charge in [0.2, 0.25) is 0 Å². The minimum Gasteiger partial charge on any atom is -0.465 e. The number of aryl methyl sites for hydroxylation is 1. The fourth-order valence-electron chi connectivity index (χ4n) is 2.20. The smallest absolute Gasteiger partial charge is 0.341 e. The topological polar surface area (TPSA) is 65.0 Å². The third-order valence-electron chi connectivity index (χ3n) is 3.30. The molecule has 0 saturated heterocycles. The van der Waals surface area contributed by atoms with Gasteiger partial charge in [0.1, 0.15) is 11.4 Å². The van der Waals surface area contributed by atoms with Gasteiger partial charge in [-0.25, -0.2) is 24.1 Å². The summed E-state index contributed by atoms with van der Waals surface area (Å²) in [7, 11) is 1.27. The van der Waals surface area contributed by atoms with E-state index in [9.17, 15) is 9.18 Å². The molecule has 122 valence electrons. The number of carbonyl (C=O) groups excluding carboxylic acids is 1. The van der Waals surface area contributed by atoms with Gasteiger partial charge in [-0.3, -0.25) is 0 Å². The standard InChI is InChI=1S/C16H11ClFN3O2S/c1-8-12(16(22)23-2)13(9-3-4-10(17)11(18)7-9)21-14(20-8)15-19-5-6-24-15/h3-7H,1-2H3. The number of thiazole rings is 1. The first-order valence-corrected chi connectivity index (χ1v) is 8.09. The van der Waals surface area contributed by atoms with Crippen molar-refractivity contribution < 1.29 is 13.9 Å². The number of aromatic nitrogens is 3. The molecule has 0 bridgehead atoms. The van der Waals surface area contributed by atoms with Crippen LogP contribution in [0.25, 0.3) is 22.1 Å². The molecule has 1 aromatic carbocycles. The van der Waals surface area contributed by atoms with Gasteiger partial charge in [0.25, 0.3) is 0 Å². The number of methoxy groups -OCH3 is 1. The van der Waals surface area contributed by atoms with Crippen molar-refractivity contribution in [2.24, 2.45) is 0 Å². The van der Waals surface area contributed by atoms with Crippen LogP contribution in [0.5, 0.6) is 0 Å². The van der Waals surface area contributed by atoms with Crippen LogP contribution in [-0.4, -0.2) is 28.0 Å². The lowest BCUT2D eigenvalue weighted by molar-refractivity contribution is 0.0600. The first kappa shape index (κ1) is 16.5. The maximum absolute atomic E-state index is 13.9. The number of halogens is 2. The van der Waals surface area contributed by atoms with E-state index in [2.05, 4.69) is 15.0 Å². The zero-order chi connectivity index (χ0) is 17.3. The molecule has 8 heteroatoms. The van der Waals surface area contributed by atoms with Crippen LogP contribution in [0.3, 0.4) is 0 Å². The average Bonchev–Trinajstić information content (AvgIpc) is 3.10. The lowest BCUT2D eigenvalue weighted by atomic mass is 10.0. The maximum Gasteiger partial charge on any atom is 0.341 e. The van der Waals surface area contributed by atoms with Crippen LogP contribution < -0.4 is 0 Å². The monoisotopic (exact) mass is 363 g/mol. The molecule has 0 aliphatic heterocycles. The van der Waals surface area contributed by atoms with Gasteiger partial charge in [-0.2, -0.15) is 0 Å².